The van der Waals surface area contributed by atoms with E-state index in [0.29, 0.717) is 12.2 Å². The molecule has 0 aromatic heterocycles. The molecular formula is C23H18I2N2O2. The molecule has 0 saturated carbocycles. The lowest BCUT2D eigenvalue weighted by Gasteiger charge is -2.12. The van der Waals surface area contributed by atoms with Gasteiger partial charge in [-0.05, 0) is 81.4 Å². The van der Waals surface area contributed by atoms with Crippen molar-refractivity contribution in [3.05, 3.63) is 95.6 Å². The number of aryl methyl sites for hydroxylation is 1. The Kier molecular flexibility index (Phi) is 7.89. The van der Waals surface area contributed by atoms with Gasteiger partial charge in [0.15, 0.2) is 0 Å². The summed E-state index contributed by atoms with van der Waals surface area (Å²) in [6.45, 7) is 2.86. The Morgan fingerprint density at radius 2 is 1.76 bits per heavy atom. The van der Waals surface area contributed by atoms with E-state index < -0.39 is 0 Å². The van der Waals surface area contributed by atoms with Gasteiger partial charge in [-0.25, -0.2) is 0 Å². The zero-order valence-electron chi connectivity index (χ0n) is 15.7. The predicted molar refractivity (Wildman–Crippen MR) is 131 cm³/mol. The Labute approximate surface area is 197 Å². The molecule has 4 nitrogen and oxygen atoms in total. The molecule has 146 valence electrons. The summed E-state index contributed by atoms with van der Waals surface area (Å²) >= 11 is 4.54. The van der Waals surface area contributed by atoms with E-state index in [2.05, 4.69) is 81.5 Å². The number of benzene rings is 3. The summed E-state index contributed by atoms with van der Waals surface area (Å²) in [6.07, 6.45) is 1.67. The molecule has 6 heteroatoms. The number of oxime groups is 1. The normalized spacial score (nSPS) is 10.7. The van der Waals surface area contributed by atoms with Crippen LogP contribution in [0.4, 0.5) is 0 Å². The van der Waals surface area contributed by atoms with Gasteiger partial charge in [-0.15, -0.1) is 0 Å². The van der Waals surface area contributed by atoms with Gasteiger partial charge >= 0.3 is 0 Å². The highest BCUT2D eigenvalue weighted by Crippen LogP contribution is 2.29. The second kappa shape index (κ2) is 10.6. The Balaban J connectivity index is 1.62. The van der Waals surface area contributed by atoms with Crippen molar-refractivity contribution in [2.75, 3.05) is 0 Å². The SMILES string of the molecule is Cc1cccc(COc2c(I)cc(/C=N\OCc3ccccc3C#N)cc2I)c1. The van der Waals surface area contributed by atoms with Crippen molar-refractivity contribution >= 4 is 51.4 Å². The summed E-state index contributed by atoms with van der Waals surface area (Å²) in [4.78, 5) is 5.37. The summed E-state index contributed by atoms with van der Waals surface area (Å²) in [5.41, 5.74) is 4.71. The first kappa shape index (κ1) is 21.6. The number of hydrogen-bond acceptors (Lipinski definition) is 4. The van der Waals surface area contributed by atoms with Crippen molar-refractivity contribution in [1.29, 1.82) is 5.26 Å². The Morgan fingerprint density at radius 3 is 2.48 bits per heavy atom. The van der Waals surface area contributed by atoms with Gasteiger partial charge in [-0.2, -0.15) is 5.26 Å². The molecule has 3 rings (SSSR count). The summed E-state index contributed by atoms with van der Waals surface area (Å²) in [6, 6.07) is 21.8. The van der Waals surface area contributed by atoms with Crippen molar-refractivity contribution in [1.82, 2.24) is 0 Å². The van der Waals surface area contributed by atoms with Gasteiger partial charge in [-0.1, -0.05) is 53.2 Å². The van der Waals surface area contributed by atoms with Crippen LogP contribution in [0.5, 0.6) is 5.75 Å². The topological polar surface area (TPSA) is 54.6 Å². The van der Waals surface area contributed by atoms with Crippen LogP contribution in [-0.4, -0.2) is 6.21 Å². The van der Waals surface area contributed by atoms with Crippen LogP contribution in [0.2, 0.25) is 0 Å². The minimum Gasteiger partial charge on any atom is -0.487 e. The summed E-state index contributed by atoms with van der Waals surface area (Å²) in [5.74, 6) is 0.869. The first-order chi connectivity index (χ1) is 14.1. The molecule has 0 aliphatic rings. The third-order valence-corrected chi connectivity index (χ3v) is 5.72. The monoisotopic (exact) mass is 608 g/mol. The number of hydrogen-bond donors (Lipinski definition) is 0. The van der Waals surface area contributed by atoms with Crippen molar-refractivity contribution < 1.29 is 9.57 Å². The molecule has 0 saturated heterocycles. The number of nitriles is 1. The maximum Gasteiger partial charge on any atom is 0.146 e. The van der Waals surface area contributed by atoms with E-state index in [1.54, 1.807) is 12.3 Å². The van der Waals surface area contributed by atoms with Crippen LogP contribution in [0.1, 0.15) is 27.8 Å². The van der Waals surface area contributed by atoms with E-state index in [1.807, 2.05) is 36.4 Å². The molecule has 0 N–H and O–H groups in total. The maximum absolute atomic E-state index is 9.11. The smallest absolute Gasteiger partial charge is 0.146 e. The average Bonchev–Trinajstić information content (AvgIpc) is 2.71. The summed E-state index contributed by atoms with van der Waals surface area (Å²) in [7, 11) is 0. The predicted octanol–water partition coefficient (Wildman–Crippen LogP) is 6.21. The Bertz CT molecular complexity index is 1050. The van der Waals surface area contributed by atoms with Crippen LogP contribution >= 0.6 is 45.2 Å². The Hall–Kier alpha value is -2.12. The van der Waals surface area contributed by atoms with Crippen molar-refractivity contribution in [2.24, 2.45) is 5.16 Å². The zero-order valence-corrected chi connectivity index (χ0v) is 20.0. The van der Waals surface area contributed by atoms with E-state index in [-0.39, 0.29) is 6.61 Å². The van der Waals surface area contributed by atoms with E-state index in [9.17, 15) is 0 Å². The Morgan fingerprint density at radius 1 is 1.00 bits per heavy atom. The molecule has 0 atom stereocenters. The fourth-order valence-corrected chi connectivity index (χ4v) is 4.84. The first-order valence-corrected chi connectivity index (χ1v) is 11.0. The second-order valence-corrected chi connectivity index (χ2v) is 8.69. The highest BCUT2D eigenvalue weighted by atomic mass is 127. The molecular weight excluding hydrogens is 590 g/mol. The van der Waals surface area contributed by atoms with Gasteiger partial charge < -0.3 is 9.57 Å². The quantitative estimate of drug-likeness (QED) is 0.182. The molecule has 0 aliphatic carbocycles. The number of halogens is 2. The molecule has 0 fully saturated rings. The fourth-order valence-electron chi connectivity index (χ4n) is 2.71. The largest absolute Gasteiger partial charge is 0.487 e. The maximum atomic E-state index is 9.11. The van der Waals surface area contributed by atoms with Crippen LogP contribution in [0, 0.1) is 25.4 Å². The molecule has 0 heterocycles. The zero-order chi connectivity index (χ0) is 20.6. The number of ether oxygens (including phenoxy) is 1. The lowest BCUT2D eigenvalue weighted by molar-refractivity contribution is 0.132. The van der Waals surface area contributed by atoms with Crippen LogP contribution in [-0.2, 0) is 18.1 Å². The molecule has 29 heavy (non-hydrogen) atoms. The molecule has 0 amide bonds. The van der Waals surface area contributed by atoms with E-state index >= 15 is 0 Å². The molecule has 0 radical (unpaired) electrons. The van der Waals surface area contributed by atoms with Crippen LogP contribution < -0.4 is 4.74 Å². The van der Waals surface area contributed by atoms with Gasteiger partial charge in [0.1, 0.15) is 19.0 Å². The second-order valence-electron chi connectivity index (χ2n) is 6.37. The molecule has 0 bridgehead atoms. The van der Waals surface area contributed by atoms with Crippen molar-refractivity contribution in [3.63, 3.8) is 0 Å². The molecule has 3 aromatic rings. The summed E-state index contributed by atoms with van der Waals surface area (Å²) < 4.78 is 8.08. The van der Waals surface area contributed by atoms with E-state index in [0.717, 1.165) is 29.6 Å². The summed E-state index contributed by atoms with van der Waals surface area (Å²) in [5, 5.41) is 13.2. The molecule has 0 unspecified atom stereocenters. The highest BCUT2D eigenvalue weighted by molar-refractivity contribution is 14.1. The van der Waals surface area contributed by atoms with Gasteiger partial charge in [-0.3, -0.25) is 0 Å². The lowest BCUT2D eigenvalue weighted by atomic mass is 10.1. The van der Waals surface area contributed by atoms with Crippen LogP contribution in [0.25, 0.3) is 0 Å². The minimum atomic E-state index is 0.256. The molecule has 3 aromatic carbocycles. The fraction of sp³-hybridized carbons (Fsp3) is 0.130. The van der Waals surface area contributed by atoms with Gasteiger partial charge in [0.2, 0.25) is 0 Å². The molecule has 0 aliphatic heterocycles. The average molecular weight is 608 g/mol. The number of rotatable bonds is 7. The van der Waals surface area contributed by atoms with Gasteiger partial charge in [0.25, 0.3) is 0 Å². The lowest BCUT2D eigenvalue weighted by Crippen LogP contribution is -2.00. The van der Waals surface area contributed by atoms with Gasteiger partial charge in [0.05, 0.1) is 25.0 Å². The van der Waals surface area contributed by atoms with Crippen molar-refractivity contribution in [3.8, 4) is 11.8 Å². The van der Waals surface area contributed by atoms with E-state index in [4.69, 9.17) is 14.8 Å². The minimum absolute atomic E-state index is 0.256. The third kappa shape index (κ3) is 6.18. The van der Waals surface area contributed by atoms with Gasteiger partial charge in [0, 0.05) is 5.56 Å². The third-order valence-electron chi connectivity index (χ3n) is 4.12. The standard InChI is InChI=1S/C23H18I2N2O2/c1-16-5-4-6-17(9-16)14-28-23-21(24)10-18(11-22(23)25)13-27-29-15-20-8-3-2-7-19(20)12-26/h2-11,13H,14-15H2,1H3/b27-13-. The van der Waals surface area contributed by atoms with Crippen LogP contribution in [0.3, 0.4) is 0 Å². The van der Waals surface area contributed by atoms with Crippen LogP contribution in [0.15, 0.2) is 65.8 Å². The van der Waals surface area contributed by atoms with Crippen molar-refractivity contribution in [2.45, 2.75) is 20.1 Å². The van der Waals surface area contributed by atoms with E-state index in [1.165, 1.54) is 5.56 Å². The molecule has 0 spiro atoms. The first-order valence-electron chi connectivity index (χ1n) is 8.87. The highest BCUT2D eigenvalue weighted by Gasteiger charge is 2.09. The number of nitrogens with zero attached hydrogens (tertiary/aromatic N) is 2.